The quantitative estimate of drug-likeness (QED) is 0.717. The molecule has 0 spiro atoms. The van der Waals surface area contributed by atoms with E-state index in [2.05, 4.69) is 26.6 Å². The zero-order chi connectivity index (χ0) is 13.8. The summed E-state index contributed by atoms with van der Waals surface area (Å²) < 4.78 is 1.67. The Balaban J connectivity index is 1.93. The van der Waals surface area contributed by atoms with Crippen LogP contribution in [0.4, 0.5) is 0 Å². The minimum absolute atomic E-state index is 0.494. The first kappa shape index (κ1) is 12.0. The van der Waals surface area contributed by atoms with Crippen molar-refractivity contribution in [3.05, 3.63) is 59.8 Å². The molecule has 0 N–H and O–H groups in total. The first-order chi connectivity index (χ1) is 9.86. The normalized spacial score (nSPS) is 10.2. The Bertz CT molecular complexity index is 757. The third-order valence-corrected chi connectivity index (χ3v) is 2.81. The molecule has 6 nitrogen and oxygen atoms in total. The number of hydrogen-bond acceptors (Lipinski definition) is 5. The Kier molecular flexibility index (Phi) is 3.17. The van der Waals surface area contributed by atoms with Crippen LogP contribution < -0.4 is 0 Å². The van der Waals surface area contributed by atoms with Crippen molar-refractivity contribution in [3.63, 3.8) is 0 Å². The Morgan fingerprint density at radius 2 is 2.10 bits per heavy atom. The highest BCUT2D eigenvalue weighted by atomic mass is 15.5. The van der Waals surface area contributed by atoms with Crippen LogP contribution >= 0.6 is 0 Å². The summed E-state index contributed by atoms with van der Waals surface area (Å²) in [4.78, 5) is 4.24. The van der Waals surface area contributed by atoms with Gasteiger partial charge in [0.15, 0.2) is 0 Å². The van der Waals surface area contributed by atoms with E-state index in [-0.39, 0.29) is 0 Å². The summed E-state index contributed by atoms with van der Waals surface area (Å²) in [6.45, 7) is 0.494. The van der Waals surface area contributed by atoms with Crippen molar-refractivity contribution in [2.75, 3.05) is 0 Å². The molecule has 0 aliphatic heterocycles. The van der Waals surface area contributed by atoms with Gasteiger partial charge >= 0.3 is 0 Å². The Labute approximate surface area is 115 Å². The summed E-state index contributed by atoms with van der Waals surface area (Å²) in [5, 5.41) is 20.6. The molecule has 0 saturated heterocycles. The van der Waals surface area contributed by atoms with Crippen LogP contribution in [0.25, 0.3) is 11.5 Å². The van der Waals surface area contributed by atoms with Crippen molar-refractivity contribution >= 4 is 0 Å². The maximum atomic E-state index is 8.91. The molecule has 0 amide bonds. The van der Waals surface area contributed by atoms with Crippen LogP contribution in [0.5, 0.6) is 0 Å². The number of nitrogens with zero attached hydrogens (tertiary/aromatic N) is 6. The standard InChI is InChI=1S/C14H10N6/c15-9-11-4-3-5-12(8-11)10-20-14(17-18-19-20)13-6-1-2-7-16-13/h1-8H,10H2. The van der Waals surface area contributed by atoms with Crippen molar-refractivity contribution in [2.45, 2.75) is 6.54 Å². The average molecular weight is 262 g/mol. The highest BCUT2D eigenvalue weighted by Gasteiger charge is 2.10. The molecule has 3 aromatic rings. The number of benzene rings is 1. The summed E-state index contributed by atoms with van der Waals surface area (Å²) in [5.74, 6) is 0.605. The molecule has 0 saturated carbocycles. The van der Waals surface area contributed by atoms with Crippen LogP contribution in [0.3, 0.4) is 0 Å². The zero-order valence-corrected chi connectivity index (χ0v) is 10.5. The molecule has 6 heteroatoms. The van der Waals surface area contributed by atoms with E-state index >= 15 is 0 Å². The van der Waals surface area contributed by atoms with Gasteiger partial charge in [-0.2, -0.15) is 5.26 Å². The van der Waals surface area contributed by atoms with Crippen LogP contribution in [0.1, 0.15) is 11.1 Å². The molecule has 0 radical (unpaired) electrons. The Hall–Kier alpha value is -3.07. The molecule has 0 unspecified atom stereocenters. The second kappa shape index (κ2) is 5.28. The molecule has 0 fully saturated rings. The fraction of sp³-hybridized carbons (Fsp3) is 0.0714. The van der Waals surface area contributed by atoms with Crippen LogP contribution in [0.2, 0.25) is 0 Å². The first-order valence-electron chi connectivity index (χ1n) is 6.03. The van der Waals surface area contributed by atoms with Crippen molar-refractivity contribution in [2.24, 2.45) is 0 Å². The molecule has 3 rings (SSSR count). The SMILES string of the molecule is N#Cc1cccc(Cn2nnnc2-c2ccccn2)c1. The summed E-state index contributed by atoms with van der Waals surface area (Å²) in [6, 6.07) is 15.1. The van der Waals surface area contributed by atoms with Gasteiger partial charge in [0, 0.05) is 6.20 Å². The summed E-state index contributed by atoms with van der Waals surface area (Å²) in [6.07, 6.45) is 1.70. The van der Waals surface area contributed by atoms with E-state index in [0.29, 0.717) is 23.6 Å². The lowest BCUT2D eigenvalue weighted by Gasteiger charge is -2.04. The average Bonchev–Trinajstić information content (AvgIpc) is 2.96. The van der Waals surface area contributed by atoms with E-state index in [4.69, 9.17) is 5.26 Å². The Morgan fingerprint density at radius 1 is 1.15 bits per heavy atom. The fourth-order valence-corrected chi connectivity index (χ4v) is 1.90. The van der Waals surface area contributed by atoms with Crippen LogP contribution in [-0.2, 0) is 6.54 Å². The molecule has 0 bridgehead atoms. The van der Waals surface area contributed by atoms with E-state index in [9.17, 15) is 0 Å². The maximum Gasteiger partial charge on any atom is 0.200 e. The molecular weight excluding hydrogens is 252 g/mol. The van der Waals surface area contributed by atoms with Crippen molar-refractivity contribution in [1.29, 1.82) is 5.26 Å². The number of nitriles is 1. The lowest BCUT2D eigenvalue weighted by molar-refractivity contribution is 0.652. The second-order valence-corrected chi connectivity index (χ2v) is 4.19. The number of hydrogen-bond donors (Lipinski definition) is 0. The highest BCUT2D eigenvalue weighted by Crippen LogP contribution is 2.14. The first-order valence-corrected chi connectivity index (χ1v) is 6.03. The Morgan fingerprint density at radius 3 is 2.90 bits per heavy atom. The minimum atomic E-state index is 0.494. The van der Waals surface area contributed by atoms with Gasteiger partial charge in [-0.15, -0.1) is 5.10 Å². The van der Waals surface area contributed by atoms with E-state index < -0.39 is 0 Å². The van der Waals surface area contributed by atoms with Gasteiger partial charge < -0.3 is 0 Å². The molecule has 96 valence electrons. The largest absolute Gasteiger partial charge is 0.253 e. The van der Waals surface area contributed by atoms with Gasteiger partial charge in [-0.05, 0) is 40.3 Å². The summed E-state index contributed by atoms with van der Waals surface area (Å²) in [7, 11) is 0. The van der Waals surface area contributed by atoms with E-state index in [1.165, 1.54) is 0 Å². The van der Waals surface area contributed by atoms with Gasteiger partial charge in [-0.1, -0.05) is 18.2 Å². The van der Waals surface area contributed by atoms with Gasteiger partial charge in [0.25, 0.3) is 0 Å². The number of pyridine rings is 1. The maximum absolute atomic E-state index is 8.91. The third kappa shape index (κ3) is 2.37. The smallest absolute Gasteiger partial charge is 0.200 e. The van der Waals surface area contributed by atoms with Gasteiger partial charge in [0.1, 0.15) is 5.69 Å². The predicted molar refractivity (Wildman–Crippen MR) is 71.3 cm³/mol. The van der Waals surface area contributed by atoms with Gasteiger partial charge in [-0.3, -0.25) is 4.98 Å². The number of aromatic nitrogens is 5. The van der Waals surface area contributed by atoms with E-state index in [0.717, 1.165) is 5.56 Å². The summed E-state index contributed by atoms with van der Waals surface area (Å²) >= 11 is 0. The molecule has 2 aromatic heterocycles. The molecule has 20 heavy (non-hydrogen) atoms. The monoisotopic (exact) mass is 262 g/mol. The van der Waals surface area contributed by atoms with Crippen LogP contribution in [-0.4, -0.2) is 25.2 Å². The van der Waals surface area contributed by atoms with E-state index in [1.807, 2.05) is 36.4 Å². The van der Waals surface area contributed by atoms with Crippen LogP contribution in [0, 0.1) is 11.3 Å². The molecular formula is C14H10N6. The van der Waals surface area contributed by atoms with Crippen molar-refractivity contribution in [3.8, 4) is 17.6 Å². The van der Waals surface area contributed by atoms with Crippen molar-refractivity contribution < 1.29 is 0 Å². The molecule has 0 atom stereocenters. The summed E-state index contributed by atoms with van der Waals surface area (Å²) in [5.41, 5.74) is 2.30. The van der Waals surface area contributed by atoms with E-state index in [1.54, 1.807) is 16.9 Å². The zero-order valence-electron chi connectivity index (χ0n) is 10.5. The van der Waals surface area contributed by atoms with Crippen LogP contribution in [0.15, 0.2) is 48.7 Å². The molecule has 0 aliphatic rings. The minimum Gasteiger partial charge on any atom is -0.253 e. The number of tetrazole rings is 1. The highest BCUT2D eigenvalue weighted by molar-refractivity contribution is 5.47. The predicted octanol–water partition coefficient (Wildman–Crippen LogP) is 1.66. The molecule has 2 heterocycles. The molecule has 1 aromatic carbocycles. The topological polar surface area (TPSA) is 80.3 Å². The van der Waals surface area contributed by atoms with Gasteiger partial charge in [-0.25, -0.2) is 4.68 Å². The fourth-order valence-electron chi connectivity index (χ4n) is 1.90. The van der Waals surface area contributed by atoms with Gasteiger partial charge in [0.2, 0.25) is 5.82 Å². The second-order valence-electron chi connectivity index (χ2n) is 4.19. The lowest BCUT2D eigenvalue weighted by atomic mass is 10.1. The molecule has 0 aliphatic carbocycles. The van der Waals surface area contributed by atoms with Gasteiger partial charge in [0.05, 0.1) is 18.2 Å². The third-order valence-electron chi connectivity index (χ3n) is 2.81. The van der Waals surface area contributed by atoms with Crippen molar-refractivity contribution in [1.82, 2.24) is 25.2 Å². The lowest BCUT2D eigenvalue weighted by Crippen LogP contribution is -2.05. The number of rotatable bonds is 3.